The van der Waals surface area contributed by atoms with Crippen LogP contribution in [-0.4, -0.2) is 16.8 Å². The number of carbonyl (C=O) groups excluding carboxylic acids is 1. The van der Waals surface area contributed by atoms with Crippen LogP contribution < -0.4 is 0 Å². The lowest BCUT2D eigenvalue weighted by Crippen LogP contribution is -2.08. The van der Waals surface area contributed by atoms with Crippen molar-refractivity contribution in [3.05, 3.63) is 35.8 Å². The Morgan fingerprint density at radius 3 is 2.58 bits per heavy atom. The summed E-state index contributed by atoms with van der Waals surface area (Å²) in [6.45, 7) is 2.93. The van der Waals surface area contributed by atoms with Gasteiger partial charge in [0.1, 0.15) is 5.82 Å². The molecule has 0 saturated heterocycles. The highest BCUT2D eigenvalue weighted by atomic mass is 19.3. The second-order valence-corrected chi connectivity index (χ2v) is 4.77. The molecule has 102 valence electrons. The van der Waals surface area contributed by atoms with Gasteiger partial charge in [0.25, 0.3) is 6.43 Å². The maximum atomic E-state index is 13.3. The molecule has 2 nitrogen and oxygen atoms in total. The van der Waals surface area contributed by atoms with Crippen molar-refractivity contribution in [3.8, 4) is 0 Å². The third-order valence-corrected chi connectivity index (χ3v) is 2.97. The molecule has 0 aliphatic heterocycles. The summed E-state index contributed by atoms with van der Waals surface area (Å²) in [6, 6.07) is 3.84. The minimum absolute atomic E-state index is 0.177. The van der Waals surface area contributed by atoms with E-state index in [1.54, 1.807) is 13.8 Å². The van der Waals surface area contributed by atoms with Crippen molar-refractivity contribution in [3.63, 3.8) is 0 Å². The van der Waals surface area contributed by atoms with E-state index in [1.807, 2.05) is 0 Å². The molecule has 0 amide bonds. The van der Waals surface area contributed by atoms with Crippen LogP contribution in [0.2, 0.25) is 0 Å². The topological polar surface area (TPSA) is 22.0 Å². The van der Waals surface area contributed by atoms with Crippen molar-refractivity contribution in [2.45, 2.75) is 26.8 Å². The van der Waals surface area contributed by atoms with Gasteiger partial charge in [-0.2, -0.15) is 0 Å². The van der Waals surface area contributed by atoms with E-state index in [0.717, 1.165) is 0 Å². The summed E-state index contributed by atoms with van der Waals surface area (Å²) in [5.74, 6) is -0.933. The summed E-state index contributed by atoms with van der Waals surface area (Å²) in [6.07, 6.45) is -1.14. The number of fused-ring (bicyclic) bond motifs is 1. The molecular formula is C14H14F3NO. The summed E-state index contributed by atoms with van der Waals surface area (Å²) in [4.78, 5) is 12.0. The number of Topliss-reactive ketones (excluding diaryl/α,β-unsaturated/α-hetero) is 1. The van der Waals surface area contributed by atoms with Gasteiger partial charge in [0.05, 0.1) is 6.54 Å². The van der Waals surface area contributed by atoms with Crippen LogP contribution >= 0.6 is 0 Å². The highest BCUT2D eigenvalue weighted by Crippen LogP contribution is 2.25. The van der Waals surface area contributed by atoms with E-state index in [1.165, 1.54) is 29.0 Å². The number of hydrogen-bond donors (Lipinski definition) is 0. The van der Waals surface area contributed by atoms with Gasteiger partial charge in [-0.05, 0) is 18.2 Å². The van der Waals surface area contributed by atoms with Crippen molar-refractivity contribution < 1.29 is 18.0 Å². The number of carbonyl (C=O) groups is 1. The first-order valence-corrected chi connectivity index (χ1v) is 6.01. The molecule has 0 atom stereocenters. The van der Waals surface area contributed by atoms with Crippen LogP contribution in [0.25, 0.3) is 10.9 Å². The molecule has 0 unspecified atom stereocenters. The van der Waals surface area contributed by atoms with Gasteiger partial charge in [-0.25, -0.2) is 13.2 Å². The molecule has 0 radical (unpaired) electrons. The minimum Gasteiger partial charge on any atom is -0.341 e. The Morgan fingerprint density at radius 2 is 2.00 bits per heavy atom. The molecule has 1 heterocycles. The number of hydrogen-bond acceptors (Lipinski definition) is 1. The number of halogens is 3. The monoisotopic (exact) mass is 269 g/mol. The van der Waals surface area contributed by atoms with Crippen molar-refractivity contribution in [1.29, 1.82) is 0 Å². The summed E-state index contributed by atoms with van der Waals surface area (Å²) >= 11 is 0. The number of nitrogens with zero attached hydrogens (tertiary/aromatic N) is 1. The first-order valence-electron chi connectivity index (χ1n) is 6.01. The van der Waals surface area contributed by atoms with Crippen LogP contribution in [0, 0.1) is 11.7 Å². The van der Waals surface area contributed by atoms with Crippen LogP contribution in [-0.2, 0) is 6.54 Å². The van der Waals surface area contributed by atoms with E-state index in [0.29, 0.717) is 16.5 Å². The van der Waals surface area contributed by atoms with E-state index in [9.17, 15) is 18.0 Å². The third-order valence-electron chi connectivity index (χ3n) is 2.97. The Bertz CT molecular complexity index is 616. The highest BCUT2D eigenvalue weighted by Gasteiger charge is 2.19. The average Bonchev–Trinajstić information content (AvgIpc) is 2.65. The molecule has 0 aliphatic rings. The van der Waals surface area contributed by atoms with Gasteiger partial charge in [-0.15, -0.1) is 0 Å². The Morgan fingerprint density at radius 1 is 1.32 bits per heavy atom. The van der Waals surface area contributed by atoms with E-state index < -0.39 is 18.8 Å². The molecule has 1 aromatic heterocycles. The summed E-state index contributed by atoms with van der Waals surface area (Å²) in [5, 5.41) is 0.388. The normalized spacial score (nSPS) is 11.7. The standard InChI is InChI=1S/C14H14F3NO/c1-8(2)14(19)11-6-18(7-13(16)17)12-4-3-9(15)5-10(11)12/h3-6,8,13H,7H2,1-2H3. The predicted molar refractivity (Wildman–Crippen MR) is 67.1 cm³/mol. The fourth-order valence-corrected chi connectivity index (χ4v) is 2.08. The van der Waals surface area contributed by atoms with Gasteiger partial charge >= 0.3 is 0 Å². The molecule has 0 bridgehead atoms. The second-order valence-electron chi connectivity index (χ2n) is 4.77. The fraction of sp³-hybridized carbons (Fsp3) is 0.357. The van der Waals surface area contributed by atoms with E-state index >= 15 is 0 Å². The molecule has 2 rings (SSSR count). The molecule has 0 spiro atoms. The maximum absolute atomic E-state index is 13.3. The van der Waals surface area contributed by atoms with E-state index in [-0.39, 0.29) is 11.7 Å². The van der Waals surface area contributed by atoms with E-state index in [4.69, 9.17) is 0 Å². The molecule has 19 heavy (non-hydrogen) atoms. The second kappa shape index (κ2) is 5.07. The van der Waals surface area contributed by atoms with Gasteiger partial charge in [-0.3, -0.25) is 4.79 Å². The summed E-state index contributed by atoms with van der Waals surface area (Å²) < 4.78 is 39.6. The van der Waals surface area contributed by atoms with Crippen molar-refractivity contribution in [2.24, 2.45) is 5.92 Å². The molecule has 2 aromatic rings. The lowest BCUT2D eigenvalue weighted by Gasteiger charge is -2.03. The average molecular weight is 269 g/mol. The molecule has 0 N–H and O–H groups in total. The minimum atomic E-state index is -2.53. The summed E-state index contributed by atoms with van der Waals surface area (Å²) in [5.41, 5.74) is 0.746. The predicted octanol–water partition coefficient (Wildman–Crippen LogP) is 3.88. The molecule has 0 aliphatic carbocycles. The molecule has 0 saturated carbocycles. The Kier molecular flexibility index (Phi) is 3.64. The van der Waals surface area contributed by atoms with Gasteiger partial charge < -0.3 is 4.57 Å². The Balaban J connectivity index is 2.63. The zero-order valence-electron chi connectivity index (χ0n) is 10.7. The van der Waals surface area contributed by atoms with E-state index in [2.05, 4.69) is 0 Å². The summed E-state index contributed by atoms with van der Waals surface area (Å²) in [7, 11) is 0. The van der Waals surface area contributed by atoms with Gasteiger partial charge in [0.2, 0.25) is 0 Å². The Hall–Kier alpha value is -1.78. The SMILES string of the molecule is CC(C)C(=O)c1cn(CC(F)F)c2ccc(F)cc12. The molecule has 1 aromatic carbocycles. The molecular weight excluding hydrogens is 255 g/mol. The maximum Gasteiger partial charge on any atom is 0.256 e. The number of ketones is 1. The number of aromatic nitrogens is 1. The van der Waals surface area contributed by atoms with Gasteiger partial charge in [0, 0.05) is 28.6 Å². The van der Waals surface area contributed by atoms with Crippen LogP contribution in [0.5, 0.6) is 0 Å². The zero-order valence-corrected chi connectivity index (χ0v) is 10.7. The number of alkyl halides is 2. The highest BCUT2D eigenvalue weighted by molar-refractivity contribution is 6.08. The number of benzene rings is 1. The van der Waals surface area contributed by atoms with Crippen LogP contribution in [0.3, 0.4) is 0 Å². The number of rotatable bonds is 4. The smallest absolute Gasteiger partial charge is 0.256 e. The first-order chi connectivity index (χ1) is 8.90. The lowest BCUT2D eigenvalue weighted by atomic mass is 10.0. The van der Waals surface area contributed by atoms with Crippen LogP contribution in [0.4, 0.5) is 13.2 Å². The van der Waals surface area contributed by atoms with Crippen molar-refractivity contribution >= 4 is 16.7 Å². The quantitative estimate of drug-likeness (QED) is 0.772. The Labute approximate surface area is 108 Å². The van der Waals surface area contributed by atoms with Crippen LogP contribution in [0.1, 0.15) is 24.2 Å². The lowest BCUT2D eigenvalue weighted by molar-refractivity contribution is 0.0939. The fourth-order valence-electron chi connectivity index (χ4n) is 2.08. The first kappa shape index (κ1) is 13.6. The van der Waals surface area contributed by atoms with Crippen molar-refractivity contribution in [2.75, 3.05) is 0 Å². The molecule has 0 fully saturated rings. The largest absolute Gasteiger partial charge is 0.341 e. The van der Waals surface area contributed by atoms with Gasteiger partial charge in [0.15, 0.2) is 5.78 Å². The van der Waals surface area contributed by atoms with Crippen LogP contribution in [0.15, 0.2) is 24.4 Å². The van der Waals surface area contributed by atoms with Crippen molar-refractivity contribution in [1.82, 2.24) is 4.57 Å². The van der Waals surface area contributed by atoms with Gasteiger partial charge in [-0.1, -0.05) is 13.8 Å². The third kappa shape index (κ3) is 2.64. The molecule has 5 heteroatoms. The zero-order chi connectivity index (χ0) is 14.2.